The Morgan fingerprint density at radius 1 is 1.12 bits per heavy atom. The van der Waals surface area contributed by atoms with Gasteiger partial charge in [-0.3, -0.25) is 4.79 Å². The number of thioether (sulfide) groups is 1. The van der Waals surface area contributed by atoms with E-state index in [1.165, 1.54) is 19.3 Å². The number of fused-ring (bicyclic) bond motifs is 2. The molecule has 3 heterocycles. The standard InChI is InChI=1S/C26H33ClN4OS/c1-25(2)13-20-14-26(3,16-25)17-31(20)23(32)19-8-6-18(7-9-19)15-33-24-28-21(27)12-22(29-24)30-10-4-5-11-30/h6-9,12,20H,4-5,10-11,13-17H2,1-3H3. The minimum Gasteiger partial charge on any atom is -0.356 e. The van der Waals surface area contributed by atoms with E-state index in [9.17, 15) is 4.79 Å². The van der Waals surface area contributed by atoms with Gasteiger partial charge in [-0.1, -0.05) is 56.3 Å². The van der Waals surface area contributed by atoms with Gasteiger partial charge in [0.1, 0.15) is 11.0 Å². The number of likely N-dealkylation sites (tertiary alicyclic amines) is 1. The molecule has 2 aliphatic heterocycles. The van der Waals surface area contributed by atoms with Gasteiger partial charge in [0.25, 0.3) is 5.91 Å². The first-order valence-electron chi connectivity index (χ1n) is 12.0. The van der Waals surface area contributed by atoms with Crippen LogP contribution in [-0.4, -0.2) is 46.5 Å². The Labute approximate surface area is 206 Å². The zero-order valence-electron chi connectivity index (χ0n) is 19.8. The highest BCUT2D eigenvalue weighted by Crippen LogP contribution is 2.52. The normalized spacial score (nSPS) is 26.1. The molecule has 3 fully saturated rings. The SMILES string of the molecule is CC1(C)CC2CC(C)(CN2C(=O)c2ccc(CSc3nc(Cl)cc(N4CCCC4)n3)cc2)C1. The van der Waals surface area contributed by atoms with Crippen LogP contribution in [0.25, 0.3) is 0 Å². The van der Waals surface area contributed by atoms with Crippen molar-refractivity contribution >= 4 is 35.1 Å². The largest absolute Gasteiger partial charge is 0.356 e. The molecule has 2 aromatic rings. The molecule has 0 N–H and O–H groups in total. The summed E-state index contributed by atoms with van der Waals surface area (Å²) < 4.78 is 0. The highest BCUT2D eigenvalue weighted by atomic mass is 35.5. The molecule has 1 aromatic carbocycles. The van der Waals surface area contributed by atoms with Crippen LogP contribution >= 0.6 is 23.4 Å². The maximum absolute atomic E-state index is 13.3. The molecular weight excluding hydrogens is 452 g/mol. The summed E-state index contributed by atoms with van der Waals surface area (Å²) in [6.45, 7) is 9.97. The predicted molar refractivity (Wildman–Crippen MR) is 135 cm³/mol. The minimum atomic E-state index is 0.175. The van der Waals surface area contributed by atoms with Crippen molar-refractivity contribution in [3.05, 3.63) is 46.6 Å². The third-order valence-corrected chi connectivity index (χ3v) is 8.45. The number of carbonyl (C=O) groups is 1. The first-order chi connectivity index (χ1) is 15.7. The molecule has 0 spiro atoms. The van der Waals surface area contributed by atoms with Gasteiger partial charge in [0, 0.05) is 43.1 Å². The van der Waals surface area contributed by atoms with Crippen molar-refractivity contribution < 1.29 is 4.79 Å². The number of anilines is 1. The van der Waals surface area contributed by atoms with Gasteiger partial charge in [0.2, 0.25) is 0 Å². The number of hydrogen-bond acceptors (Lipinski definition) is 5. The molecule has 1 aromatic heterocycles. The average molecular weight is 485 g/mol. The van der Waals surface area contributed by atoms with Crippen LogP contribution in [0.1, 0.15) is 68.8 Å². The van der Waals surface area contributed by atoms with Crippen LogP contribution in [0.5, 0.6) is 0 Å². The van der Waals surface area contributed by atoms with Gasteiger partial charge in [-0.2, -0.15) is 0 Å². The van der Waals surface area contributed by atoms with Crippen LogP contribution in [0.2, 0.25) is 5.15 Å². The zero-order chi connectivity index (χ0) is 23.2. The Morgan fingerprint density at radius 3 is 2.58 bits per heavy atom. The number of halogens is 1. The van der Waals surface area contributed by atoms with Crippen molar-refractivity contribution in [2.24, 2.45) is 10.8 Å². The molecule has 2 atom stereocenters. The highest BCUT2D eigenvalue weighted by Gasteiger charge is 2.51. The van der Waals surface area contributed by atoms with Gasteiger partial charge in [0.05, 0.1) is 0 Å². The number of aromatic nitrogens is 2. The predicted octanol–water partition coefficient (Wildman–Crippen LogP) is 6.06. The number of rotatable bonds is 5. The van der Waals surface area contributed by atoms with Crippen molar-refractivity contribution in [2.75, 3.05) is 24.5 Å². The van der Waals surface area contributed by atoms with Crippen LogP contribution in [0, 0.1) is 10.8 Å². The maximum Gasteiger partial charge on any atom is 0.254 e. The summed E-state index contributed by atoms with van der Waals surface area (Å²) in [6.07, 6.45) is 5.83. The van der Waals surface area contributed by atoms with Gasteiger partial charge in [-0.25, -0.2) is 9.97 Å². The van der Waals surface area contributed by atoms with Crippen molar-refractivity contribution in [2.45, 2.75) is 69.8 Å². The molecule has 33 heavy (non-hydrogen) atoms. The lowest BCUT2D eigenvalue weighted by atomic mass is 9.65. The quantitative estimate of drug-likeness (QED) is 0.293. The van der Waals surface area contributed by atoms with Crippen LogP contribution in [-0.2, 0) is 5.75 Å². The first kappa shape index (κ1) is 23.0. The first-order valence-corrected chi connectivity index (χ1v) is 13.4. The smallest absolute Gasteiger partial charge is 0.254 e. The summed E-state index contributed by atoms with van der Waals surface area (Å²) in [7, 11) is 0. The third-order valence-electron chi connectivity index (χ3n) is 7.34. The molecule has 5 nitrogen and oxygen atoms in total. The fourth-order valence-corrected chi connectivity index (χ4v) is 7.35. The Balaban J connectivity index is 1.23. The molecule has 176 valence electrons. The van der Waals surface area contributed by atoms with Gasteiger partial charge in [-0.05, 0) is 60.6 Å². The van der Waals surface area contributed by atoms with E-state index < -0.39 is 0 Å². The molecular formula is C26H33ClN4OS. The Bertz CT molecular complexity index is 1040. The highest BCUT2D eigenvalue weighted by molar-refractivity contribution is 7.98. The maximum atomic E-state index is 13.3. The van der Waals surface area contributed by atoms with Crippen molar-refractivity contribution in [3.63, 3.8) is 0 Å². The molecule has 7 heteroatoms. The molecule has 0 radical (unpaired) electrons. The summed E-state index contributed by atoms with van der Waals surface area (Å²) in [5.74, 6) is 1.84. The summed E-state index contributed by atoms with van der Waals surface area (Å²) in [5, 5.41) is 1.19. The van der Waals surface area contributed by atoms with E-state index in [1.54, 1.807) is 11.8 Å². The van der Waals surface area contributed by atoms with Crippen LogP contribution in [0.15, 0.2) is 35.5 Å². The summed E-state index contributed by atoms with van der Waals surface area (Å²) in [4.78, 5) is 26.8. The monoisotopic (exact) mass is 484 g/mol. The molecule has 2 bridgehead atoms. The second kappa shape index (κ2) is 8.77. The number of benzene rings is 1. The number of nitrogens with zero attached hydrogens (tertiary/aromatic N) is 4. The zero-order valence-corrected chi connectivity index (χ0v) is 21.4. The van der Waals surface area contributed by atoms with E-state index >= 15 is 0 Å². The second-order valence-electron chi connectivity index (χ2n) is 11.2. The molecule has 1 aliphatic carbocycles. The molecule has 2 unspecified atom stereocenters. The molecule has 3 aliphatic rings. The van der Waals surface area contributed by atoms with E-state index in [0.717, 1.165) is 55.2 Å². The van der Waals surface area contributed by atoms with Gasteiger partial charge < -0.3 is 9.80 Å². The van der Waals surface area contributed by atoms with E-state index in [1.807, 2.05) is 18.2 Å². The summed E-state index contributed by atoms with van der Waals surface area (Å²) >= 11 is 7.84. The Kier molecular flexibility index (Phi) is 6.11. The number of carbonyl (C=O) groups excluding carboxylic acids is 1. The van der Waals surface area contributed by atoms with Crippen LogP contribution < -0.4 is 4.90 Å². The fraction of sp³-hybridized carbons (Fsp3) is 0.577. The minimum absolute atomic E-state index is 0.175. The summed E-state index contributed by atoms with van der Waals surface area (Å²) in [5.41, 5.74) is 2.50. The van der Waals surface area contributed by atoms with E-state index in [2.05, 4.69) is 47.7 Å². The molecule has 2 saturated heterocycles. The van der Waals surface area contributed by atoms with Gasteiger partial charge in [0.15, 0.2) is 5.16 Å². The van der Waals surface area contributed by atoms with E-state index in [0.29, 0.717) is 21.8 Å². The second-order valence-corrected chi connectivity index (χ2v) is 12.5. The van der Waals surface area contributed by atoms with E-state index in [4.69, 9.17) is 16.6 Å². The molecule has 1 saturated carbocycles. The Morgan fingerprint density at radius 2 is 1.85 bits per heavy atom. The number of hydrogen-bond donors (Lipinski definition) is 0. The van der Waals surface area contributed by atoms with Crippen molar-refractivity contribution in [1.29, 1.82) is 0 Å². The lowest BCUT2D eigenvalue weighted by molar-refractivity contribution is 0.0708. The van der Waals surface area contributed by atoms with Gasteiger partial charge in [-0.15, -0.1) is 0 Å². The lowest BCUT2D eigenvalue weighted by Gasteiger charge is -2.39. The topological polar surface area (TPSA) is 49.3 Å². The van der Waals surface area contributed by atoms with Crippen molar-refractivity contribution in [1.82, 2.24) is 14.9 Å². The molecule has 1 amide bonds. The average Bonchev–Trinajstić information content (AvgIpc) is 3.37. The van der Waals surface area contributed by atoms with Crippen LogP contribution in [0.4, 0.5) is 5.82 Å². The van der Waals surface area contributed by atoms with Crippen LogP contribution in [0.3, 0.4) is 0 Å². The lowest BCUT2D eigenvalue weighted by Crippen LogP contribution is -2.37. The number of amides is 1. The fourth-order valence-electron chi connectivity index (χ4n) is 6.31. The Hall–Kier alpha value is -1.79. The van der Waals surface area contributed by atoms with E-state index in [-0.39, 0.29) is 11.3 Å². The summed E-state index contributed by atoms with van der Waals surface area (Å²) in [6, 6.07) is 10.3. The van der Waals surface area contributed by atoms with Crippen molar-refractivity contribution in [3.8, 4) is 0 Å². The third kappa shape index (κ3) is 5.02. The van der Waals surface area contributed by atoms with Gasteiger partial charge >= 0.3 is 0 Å². The molecule has 5 rings (SSSR count).